The minimum absolute atomic E-state index is 0.264. The lowest BCUT2D eigenvalue weighted by atomic mass is 10.1. The maximum atomic E-state index is 13.2. The zero-order valence-corrected chi connectivity index (χ0v) is 12.4. The van der Waals surface area contributed by atoms with Gasteiger partial charge >= 0.3 is 0 Å². The van der Waals surface area contributed by atoms with Crippen LogP contribution in [0.25, 0.3) is 0 Å². The molecule has 0 aliphatic heterocycles. The first-order valence-electron chi connectivity index (χ1n) is 5.31. The van der Waals surface area contributed by atoms with E-state index in [2.05, 4.69) is 21.2 Å². The summed E-state index contributed by atoms with van der Waals surface area (Å²) in [6, 6.07) is 4.94. The van der Waals surface area contributed by atoms with E-state index in [-0.39, 0.29) is 5.82 Å². The average molecular weight is 322 g/mol. The molecule has 2 N–H and O–H groups in total. The number of nitrogens with one attached hydrogen (secondary N) is 1. The van der Waals surface area contributed by atoms with Crippen molar-refractivity contribution < 1.29 is 9.50 Å². The van der Waals surface area contributed by atoms with Gasteiger partial charge in [0, 0.05) is 18.8 Å². The van der Waals surface area contributed by atoms with Crippen LogP contribution >= 0.6 is 27.7 Å². The molecule has 1 unspecified atom stereocenters. The van der Waals surface area contributed by atoms with E-state index in [4.69, 9.17) is 0 Å². The molecule has 0 bridgehead atoms. The van der Waals surface area contributed by atoms with Crippen molar-refractivity contribution >= 4 is 27.7 Å². The Morgan fingerprint density at radius 3 is 2.88 bits per heavy atom. The first kappa shape index (κ1) is 15.0. The van der Waals surface area contributed by atoms with E-state index in [1.807, 2.05) is 12.3 Å². The van der Waals surface area contributed by atoms with Gasteiger partial charge in [-0.25, -0.2) is 4.39 Å². The predicted molar refractivity (Wildman–Crippen MR) is 74.8 cm³/mol. The highest BCUT2D eigenvalue weighted by Crippen LogP contribution is 2.20. The number of aliphatic hydroxyl groups is 1. The summed E-state index contributed by atoms with van der Waals surface area (Å²) in [4.78, 5) is 0. The molecule has 17 heavy (non-hydrogen) atoms. The molecule has 5 heteroatoms. The molecule has 0 aromatic heterocycles. The Balaban J connectivity index is 2.49. The second-order valence-corrected chi connectivity index (χ2v) is 5.91. The van der Waals surface area contributed by atoms with Gasteiger partial charge in [0.15, 0.2) is 0 Å². The van der Waals surface area contributed by atoms with Crippen LogP contribution in [0.1, 0.15) is 12.5 Å². The predicted octanol–water partition coefficient (Wildman–Crippen LogP) is 2.79. The minimum atomic E-state index is -0.737. The summed E-state index contributed by atoms with van der Waals surface area (Å²) in [7, 11) is 0. The van der Waals surface area contributed by atoms with Crippen molar-refractivity contribution in [2.75, 3.05) is 18.6 Å². The molecular weight excluding hydrogens is 305 g/mol. The van der Waals surface area contributed by atoms with Gasteiger partial charge in [-0.2, -0.15) is 11.8 Å². The standard InChI is InChI=1S/C12H17BrFNOS/c1-12(16,8-17-2)7-15-6-9-4-3-5-10(14)11(9)13/h3-5,15-16H,6-8H2,1-2H3. The minimum Gasteiger partial charge on any atom is -0.388 e. The van der Waals surface area contributed by atoms with Crippen molar-refractivity contribution in [1.82, 2.24) is 5.32 Å². The van der Waals surface area contributed by atoms with Crippen LogP contribution in [-0.4, -0.2) is 29.3 Å². The SMILES string of the molecule is CSCC(C)(O)CNCc1cccc(F)c1Br. The van der Waals surface area contributed by atoms with Gasteiger partial charge in [0.05, 0.1) is 10.1 Å². The van der Waals surface area contributed by atoms with Crippen molar-refractivity contribution in [3.63, 3.8) is 0 Å². The van der Waals surface area contributed by atoms with Gasteiger partial charge < -0.3 is 10.4 Å². The third-order valence-corrected chi connectivity index (χ3v) is 4.11. The van der Waals surface area contributed by atoms with E-state index >= 15 is 0 Å². The van der Waals surface area contributed by atoms with E-state index in [1.165, 1.54) is 6.07 Å². The Bertz CT molecular complexity index is 374. The Morgan fingerprint density at radius 1 is 1.53 bits per heavy atom. The van der Waals surface area contributed by atoms with E-state index in [1.54, 1.807) is 24.8 Å². The normalized spacial score (nSPS) is 14.6. The number of hydrogen-bond donors (Lipinski definition) is 2. The first-order valence-corrected chi connectivity index (χ1v) is 7.50. The molecule has 0 radical (unpaired) electrons. The summed E-state index contributed by atoms with van der Waals surface area (Å²) >= 11 is 4.81. The molecule has 1 rings (SSSR count). The van der Waals surface area contributed by atoms with Gasteiger partial charge in [-0.1, -0.05) is 12.1 Å². The van der Waals surface area contributed by atoms with E-state index < -0.39 is 5.60 Å². The molecular formula is C12H17BrFNOS. The molecule has 1 atom stereocenters. The summed E-state index contributed by atoms with van der Waals surface area (Å²) in [5.41, 5.74) is 0.115. The summed E-state index contributed by atoms with van der Waals surface area (Å²) in [6.07, 6.45) is 1.96. The van der Waals surface area contributed by atoms with Crippen LogP contribution in [0.5, 0.6) is 0 Å². The van der Waals surface area contributed by atoms with Crippen LogP contribution in [0.4, 0.5) is 4.39 Å². The lowest BCUT2D eigenvalue weighted by Gasteiger charge is -2.22. The van der Waals surface area contributed by atoms with Crippen molar-refractivity contribution in [3.05, 3.63) is 34.1 Å². The lowest BCUT2D eigenvalue weighted by Crippen LogP contribution is -2.39. The second kappa shape index (κ2) is 6.73. The molecule has 0 saturated heterocycles. The fraction of sp³-hybridized carbons (Fsp3) is 0.500. The fourth-order valence-corrected chi connectivity index (χ4v) is 2.64. The Morgan fingerprint density at radius 2 is 2.24 bits per heavy atom. The molecule has 0 aliphatic rings. The largest absolute Gasteiger partial charge is 0.388 e. The molecule has 2 nitrogen and oxygen atoms in total. The molecule has 1 aromatic carbocycles. The van der Waals surface area contributed by atoms with Crippen LogP contribution in [0, 0.1) is 5.82 Å². The number of rotatable bonds is 6. The van der Waals surface area contributed by atoms with Crippen LogP contribution in [-0.2, 0) is 6.54 Å². The highest BCUT2D eigenvalue weighted by molar-refractivity contribution is 9.10. The third kappa shape index (κ3) is 4.95. The van der Waals surface area contributed by atoms with E-state index in [9.17, 15) is 9.50 Å². The summed E-state index contributed by atoms with van der Waals surface area (Å²) in [5, 5.41) is 13.1. The molecule has 0 fully saturated rings. The van der Waals surface area contributed by atoms with E-state index in [0.717, 1.165) is 5.56 Å². The maximum absolute atomic E-state index is 13.2. The molecule has 0 spiro atoms. The van der Waals surface area contributed by atoms with Crippen molar-refractivity contribution in [2.45, 2.75) is 19.1 Å². The molecule has 0 aliphatic carbocycles. The Labute approximate surface area is 114 Å². The molecule has 96 valence electrons. The second-order valence-electron chi connectivity index (χ2n) is 4.25. The van der Waals surface area contributed by atoms with Gasteiger partial charge in [-0.15, -0.1) is 0 Å². The van der Waals surface area contributed by atoms with Gasteiger partial charge in [-0.05, 0) is 40.7 Å². The van der Waals surface area contributed by atoms with Crippen LogP contribution < -0.4 is 5.32 Å². The molecule has 0 heterocycles. The average Bonchev–Trinajstić information content (AvgIpc) is 2.24. The highest BCUT2D eigenvalue weighted by Gasteiger charge is 2.18. The van der Waals surface area contributed by atoms with Crippen LogP contribution in [0.2, 0.25) is 0 Å². The summed E-state index contributed by atoms with van der Waals surface area (Å²) < 4.78 is 13.7. The lowest BCUT2D eigenvalue weighted by molar-refractivity contribution is 0.0845. The smallest absolute Gasteiger partial charge is 0.137 e. The zero-order valence-electron chi connectivity index (χ0n) is 9.96. The highest BCUT2D eigenvalue weighted by atomic mass is 79.9. The van der Waals surface area contributed by atoms with Gasteiger partial charge in [0.2, 0.25) is 0 Å². The summed E-state index contributed by atoms with van der Waals surface area (Å²) in [6.45, 7) is 2.80. The summed E-state index contributed by atoms with van der Waals surface area (Å²) in [5.74, 6) is 0.407. The number of halogens is 2. The quantitative estimate of drug-likeness (QED) is 0.845. The third-order valence-electron chi connectivity index (χ3n) is 2.31. The number of hydrogen-bond acceptors (Lipinski definition) is 3. The zero-order chi connectivity index (χ0) is 12.9. The van der Waals surface area contributed by atoms with Crippen molar-refractivity contribution in [2.24, 2.45) is 0 Å². The number of thioether (sulfide) groups is 1. The molecule has 1 aromatic rings. The van der Waals surface area contributed by atoms with Crippen molar-refractivity contribution in [1.29, 1.82) is 0 Å². The topological polar surface area (TPSA) is 32.3 Å². The van der Waals surface area contributed by atoms with E-state index in [0.29, 0.717) is 23.3 Å². The Kier molecular flexibility index (Phi) is 5.92. The van der Waals surface area contributed by atoms with Crippen LogP contribution in [0.15, 0.2) is 22.7 Å². The maximum Gasteiger partial charge on any atom is 0.137 e. The van der Waals surface area contributed by atoms with Gasteiger partial charge in [0.1, 0.15) is 5.82 Å². The fourth-order valence-electron chi connectivity index (χ4n) is 1.51. The Hall–Kier alpha value is -0.100. The first-order chi connectivity index (χ1) is 7.96. The van der Waals surface area contributed by atoms with Crippen LogP contribution in [0.3, 0.4) is 0 Å². The van der Waals surface area contributed by atoms with Gasteiger partial charge in [-0.3, -0.25) is 0 Å². The van der Waals surface area contributed by atoms with Gasteiger partial charge in [0.25, 0.3) is 0 Å². The number of benzene rings is 1. The molecule has 0 amide bonds. The monoisotopic (exact) mass is 321 g/mol. The van der Waals surface area contributed by atoms with Crippen molar-refractivity contribution in [3.8, 4) is 0 Å². The molecule has 0 saturated carbocycles.